The largest absolute Gasteiger partial charge is 0.497 e. The average Bonchev–Trinajstić information content (AvgIpc) is 3.39. The van der Waals surface area contributed by atoms with Gasteiger partial charge in [0.2, 0.25) is 0 Å². The smallest absolute Gasteiger partial charge is 0.305 e. The third kappa shape index (κ3) is 15.0. The first kappa shape index (κ1) is 55.2. The minimum Gasteiger partial charge on any atom is -0.497 e. The third-order valence-electron chi connectivity index (χ3n) is 10.8. The van der Waals surface area contributed by atoms with Gasteiger partial charge in [0.1, 0.15) is 46.0 Å². The second-order valence-electron chi connectivity index (χ2n) is 15.2. The fourth-order valence-corrected chi connectivity index (χ4v) is 7.34. The lowest BCUT2D eigenvalue weighted by Crippen LogP contribution is -2.04. The molecule has 0 unspecified atom stereocenters. The van der Waals surface area contributed by atoms with Gasteiger partial charge in [0.25, 0.3) is 0 Å². The number of benzene rings is 6. The summed E-state index contributed by atoms with van der Waals surface area (Å²) in [6.45, 7) is 1.26. The monoisotopic (exact) mass is 972 g/mol. The SMILES string of the molecule is COC(=O)CCCO.COC(=O)CCCOc1ccc2c(OC)c3cc(OC)ccc3c(OC)c2c1.COC(=O)CCCOc1ccc2c(OC)c3cc(OCCCC(=O)OC)ccc3c(OC)c2c1. The highest BCUT2D eigenvalue weighted by atomic mass is 16.5. The normalized spacial score (nSPS) is 10.5. The van der Waals surface area contributed by atoms with Gasteiger partial charge in [-0.2, -0.15) is 0 Å². The van der Waals surface area contributed by atoms with E-state index in [0.717, 1.165) is 60.3 Å². The van der Waals surface area contributed by atoms with Crippen molar-refractivity contribution in [1.29, 1.82) is 0 Å². The van der Waals surface area contributed by atoms with Crippen molar-refractivity contribution in [3.05, 3.63) is 72.8 Å². The van der Waals surface area contributed by atoms with Gasteiger partial charge in [0.05, 0.1) is 83.8 Å². The molecular weight excluding hydrogens is 909 g/mol. The van der Waals surface area contributed by atoms with E-state index < -0.39 is 0 Å². The number of fused-ring (bicyclic) bond motifs is 4. The molecule has 378 valence electrons. The van der Waals surface area contributed by atoms with Gasteiger partial charge >= 0.3 is 23.9 Å². The summed E-state index contributed by atoms with van der Waals surface area (Å²) >= 11 is 0. The zero-order valence-electron chi connectivity index (χ0n) is 41.4. The Kier molecular flexibility index (Phi) is 22.7. The molecule has 17 heteroatoms. The Morgan fingerprint density at radius 1 is 0.343 bits per heavy atom. The first-order valence-electron chi connectivity index (χ1n) is 22.5. The van der Waals surface area contributed by atoms with Gasteiger partial charge in [-0.1, -0.05) is 0 Å². The molecule has 0 saturated carbocycles. The summed E-state index contributed by atoms with van der Waals surface area (Å²) in [5.74, 6) is 4.66. The zero-order valence-corrected chi connectivity index (χ0v) is 41.4. The van der Waals surface area contributed by atoms with Crippen LogP contribution in [0.2, 0.25) is 0 Å². The molecule has 0 fully saturated rings. The molecule has 70 heavy (non-hydrogen) atoms. The van der Waals surface area contributed by atoms with Gasteiger partial charge in [-0.3, -0.25) is 19.2 Å². The second-order valence-corrected chi connectivity index (χ2v) is 15.2. The van der Waals surface area contributed by atoms with Gasteiger partial charge in [-0.05, 0) is 98.5 Å². The second kappa shape index (κ2) is 28.8. The molecule has 0 aliphatic heterocycles. The lowest BCUT2D eigenvalue weighted by atomic mass is 10.00. The maximum atomic E-state index is 11.3. The molecule has 1 N–H and O–H groups in total. The Bertz CT molecular complexity index is 2590. The van der Waals surface area contributed by atoms with Crippen molar-refractivity contribution in [2.24, 2.45) is 0 Å². The lowest BCUT2D eigenvalue weighted by molar-refractivity contribution is -0.141. The summed E-state index contributed by atoms with van der Waals surface area (Å²) in [7, 11) is 13.6. The molecule has 0 radical (unpaired) electrons. The quantitative estimate of drug-likeness (QED) is 0.0276. The van der Waals surface area contributed by atoms with Crippen LogP contribution < -0.4 is 37.9 Å². The number of hydrogen-bond acceptors (Lipinski definition) is 17. The van der Waals surface area contributed by atoms with Gasteiger partial charge in [-0.25, -0.2) is 0 Å². The van der Waals surface area contributed by atoms with E-state index in [4.69, 9.17) is 43.0 Å². The van der Waals surface area contributed by atoms with Gasteiger partial charge in [0, 0.05) is 75.4 Å². The van der Waals surface area contributed by atoms with Gasteiger partial charge in [-0.15, -0.1) is 0 Å². The number of ether oxygens (including phenoxy) is 12. The molecule has 0 atom stereocenters. The number of carbonyl (C=O) groups excluding carboxylic acids is 4. The predicted octanol–water partition coefficient (Wildman–Crippen LogP) is 8.96. The van der Waals surface area contributed by atoms with Crippen molar-refractivity contribution in [2.45, 2.75) is 51.4 Å². The van der Waals surface area contributed by atoms with E-state index >= 15 is 0 Å². The first-order valence-corrected chi connectivity index (χ1v) is 22.5. The summed E-state index contributed by atoms with van der Waals surface area (Å²) in [5, 5.41) is 15.3. The van der Waals surface area contributed by atoms with E-state index in [-0.39, 0.29) is 30.5 Å². The van der Waals surface area contributed by atoms with Crippen LogP contribution in [0, 0.1) is 0 Å². The predicted molar refractivity (Wildman–Crippen MR) is 264 cm³/mol. The maximum absolute atomic E-state index is 11.3. The molecule has 0 aliphatic rings. The molecule has 0 saturated heterocycles. The van der Waals surface area contributed by atoms with E-state index in [2.05, 4.69) is 18.9 Å². The van der Waals surface area contributed by atoms with Crippen LogP contribution >= 0.6 is 0 Å². The summed E-state index contributed by atoms with van der Waals surface area (Å²) in [4.78, 5) is 44.0. The minimum absolute atomic E-state index is 0.0507. The summed E-state index contributed by atoms with van der Waals surface area (Å²) < 4.78 is 64.1. The Morgan fingerprint density at radius 2 is 0.600 bits per heavy atom. The van der Waals surface area contributed by atoms with E-state index in [1.54, 1.807) is 35.5 Å². The third-order valence-corrected chi connectivity index (χ3v) is 10.8. The molecule has 0 aliphatic carbocycles. The molecule has 0 spiro atoms. The molecule has 6 aromatic carbocycles. The molecule has 0 bridgehead atoms. The van der Waals surface area contributed by atoms with Crippen LogP contribution in [0.15, 0.2) is 72.8 Å². The van der Waals surface area contributed by atoms with Crippen LogP contribution in [0.1, 0.15) is 51.4 Å². The first-order chi connectivity index (χ1) is 33.9. The Hall–Kier alpha value is -7.40. The number of carbonyl (C=O) groups is 4. The van der Waals surface area contributed by atoms with Crippen LogP contribution in [0.5, 0.6) is 46.0 Å². The summed E-state index contributed by atoms with van der Waals surface area (Å²) in [5.41, 5.74) is 0. The number of hydrogen-bond donors (Lipinski definition) is 1. The highest BCUT2D eigenvalue weighted by molar-refractivity contribution is 6.13. The lowest BCUT2D eigenvalue weighted by Gasteiger charge is -2.17. The Labute approximate surface area is 407 Å². The number of aliphatic hydroxyl groups excluding tert-OH is 1. The van der Waals surface area contributed by atoms with Crippen molar-refractivity contribution >= 4 is 67.0 Å². The number of methoxy groups -OCH3 is 9. The van der Waals surface area contributed by atoms with Crippen molar-refractivity contribution < 1.29 is 81.1 Å². The van der Waals surface area contributed by atoms with Crippen molar-refractivity contribution in [1.82, 2.24) is 0 Å². The molecule has 0 amide bonds. The molecular formula is C53H64O17. The minimum atomic E-state index is -0.265. The average molecular weight is 973 g/mol. The molecule has 17 nitrogen and oxygen atoms in total. The van der Waals surface area contributed by atoms with E-state index in [1.807, 2.05) is 72.8 Å². The van der Waals surface area contributed by atoms with Gasteiger partial charge in [0.15, 0.2) is 0 Å². The van der Waals surface area contributed by atoms with Crippen LogP contribution in [0.4, 0.5) is 0 Å². The fourth-order valence-electron chi connectivity index (χ4n) is 7.34. The standard InChI is InChI=1S/C26H30O8.C22H24O6.C5H10O3/c1-29-23(27)7-5-13-33-17-9-11-19-21(15-17)25(31-3)20-12-10-18(16-22(20)26(19)32-4)34-14-6-8-24(28)30-2;1-24-14-7-9-16-18(12-14)21(26-3)17-10-8-15(13-19(17)22(16)27-4)28-11-5-6-20(23)25-2;1-8-5(7)3-2-4-6/h9-12,15-16H,5-8,13-14H2,1-4H3;7-10,12-13H,5-6,11H2,1-4H3;6H,2-4H2,1H3. The van der Waals surface area contributed by atoms with Crippen molar-refractivity contribution in [3.63, 3.8) is 0 Å². The fraction of sp³-hybridized carbons (Fsp3) is 0.396. The number of esters is 4. The van der Waals surface area contributed by atoms with Gasteiger partial charge < -0.3 is 61.9 Å². The topological polar surface area (TPSA) is 199 Å². The molecule has 0 aromatic heterocycles. The van der Waals surface area contributed by atoms with Crippen LogP contribution in [-0.4, -0.2) is 119 Å². The maximum Gasteiger partial charge on any atom is 0.305 e. The molecule has 6 aromatic rings. The molecule has 6 rings (SSSR count). The van der Waals surface area contributed by atoms with Crippen LogP contribution in [0.3, 0.4) is 0 Å². The van der Waals surface area contributed by atoms with Crippen molar-refractivity contribution in [2.75, 3.05) is 90.4 Å². The van der Waals surface area contributed by atoms with E-state index in [0.29, 0.717) is 99.9 Å². The van der Waals surface area contributed by atoms with E-state index in [1.165, 1.54) is 28.4 Å². The van der Waals surface area contributed by atoms with Crippen molar-refractivity contribution in [3.8, 4) is 46.0 Å². The number of rotatable bonds is 23. The summed E-state index contributed by atoms with van der Waals surface area (Å²) in [6, 6.07) is 22.9. The van der Waals surface area contributed by atoms with Crippen LogP contribution in [-0.2, 0) is 38.1 Å². The Morgan fingerprint density at radius 3 is 0.843 bits per heavy atom. The summed E-state index contributed by atoms with van der Waals surface area (Å²) in [6.07, 6.45) is 3.45. The highest BCUT2D eigenvalue weighted by Crippen LogP contribution is 2.46. The zero-order chi connectivity index (χ0) is 51.0. The van der Waals surface area contributed by atoms with E-state index in [9.17, 15) is 19.2 Å². The number of aliphatic hydroxyl groups is 1. The highest BCUT2D eigenvalue weighted by Gasteiger charge is 2.19. The van der Waals surface area contributed by atoms with Crippen LogP contribution in [0.25, 0.3) is 43.1 Å². The molecule has 0 heterocycles. The Balaban J connectivity index is 0.000000267.